The Morgan fingerprint density at radius 2 is 2.36 bits per heavy atom. The molecule has 3 nitrogen and oxygen atoms in total. The van der Waals surface area contributed by atoms with Gasteiger partial charge in [0.05, 0.1) is 6.21 Å². The summed E-state index contributed by atoms with van der Waals surface area (Å²) < 4.78 is 13.0. The Kier molecular flexibility index (Phi) is 3.53. The third-order valence-corrected chi connectivity index (χ3v) is 1.68. The fourth-order valence-electron chi connectivity index (χ4n) is 0.860. The summed E-state index contributed by atoms with van der Waals surface area (Å²) in [6.45, 7) is 1.70. The second-order valence-corrected chi connectivity index (χ2v) is 3.18. The summed E-state index contributed by atoms with van der Waals surface area (Å²) in [5, 5.41) is 3.78. The number of nitrogens with one attached hydrogen (secondary N) is 1. The largest absolute Gasteiger partial charge is 0.375 e. The summed E-state index contributed by atoms with van der Waals surface area (Å²) in [6.07, 6.45) is 1.45. The zero-order valence-electron chi connectivity index (χ0n) is 7.62. The summed E-state index contributed by atoms with van der Waals surface area (Å²) in [5.74, 6) is -0.260. The van der Waals surface area contributed by atoms with Crippen LogP contribution in [0.25, 0.3) is 0 Å². The molecule has 1 rings (SSSR count). The highest BCUT2D eigenvalue weighted by atomic mass is 32.1. The SMILES string of the molecule is Cc1ccc(C=NNC(N)=S)cc1F. The van der Waals surface area contributed by atoms with Gasteiger partial charge in [-0.3, -0.25) is 5.43 Å². The molecule has 0 unspecified atom stereocenters. The molecule has 0 spiro atoms. The molecule has 0 aliphatic heterocycles. The Balaban J connectivity index is 2.73. The van der Waals surface area contributed by atoms with E-state index in [1.54, 1.807) is 19.1 Å². The fourth-order valence-corrected chi connectivity index (χ4v) is 0.913. The highest BCUT2D eigenvalue weighted by molar-refractivity contribution is 7.80. The molecule has 1 aromatic carbocycles. The first-order valence-corrected chi connectivity index (χ1v) is 4.35. The van der Waals surface area contributed by atoms with Gasteiger partial charge in [-0.2, -0.15) is 5.10 Å². The lowest BCUT2D eigenvalue weighted by Gasteiger charge is -1.97. The minimum atomic E-state index is -0.260. The van der Waals surface area contributed by atoms with Crippen LogP contribution >= 0.6 is 12.2 Å². The van der Waals surface area contributed by atoms with E-state index in [4.69, 9.17) is 5.73 Å². The first-order chi connectivity index (χ1) is 6.59. The molecule has 0 heterocycles. The molecule has 0 atom stereocenters. The molecule has 0 aromatic heterocycles. The van der Waals surface area contributed by atoms with E-state index in [-0.39, 0.29) is 10.9 Å². The Labute approximate surface area is 86.8 Å². The number of aryl methyl sites for hydroxylation is 1. The van der Waals surface area contributed by atoms with Crippen molar-refractivity contribution >= 4 is 23.5 Å². The lowest BCUT2D eigenvalue weighted by molar-refractivity contribution is 0.618. The Morgan fingerprint density at radius 1 is 1.64 bits per heavy atom. The van der Waals surface area contributed by atoms with Crippen molar-refractivity contribution < 1.29 is 4.39 Å². The number of hydrogen-bond acceptors (Lipinski definition) is 2. The van der Waals surface area contributed by atoms with Crippen molar-refractivity contribution in [2.24, 2.45) is 10.8 Å². The minimum Gasteiger partial charge on any atom is -0.375 e. The van der Waals surface area contributed by atoms with Crippen molar-refractivity contribution in [1.82, 2.24) is 5.43 Å². The number of benzene rings is 1. The highest BCUT2D eigenvalue weighted by Gasteiger charge is 1.96. The van der Waals surface area contributed by atoms with Crippen LogP contribution in [-0.2, 0) is 0 Å². The van der Waals surface area contributed by atoms with E-state index in [0.29, 0.717) is 11.1 Å². The molecule has 0 saturated heterocycles. The normalized spacial score (nSPS) is 10.4. The Hall–Kier alpha value is -1.49. The average Bonchev–Trinajstić information content (AvgIpc) is 2.10. The van der Waals surface area contributed by atoms with E-state index >= 15 is 0 Å². The van der Waals surface area contributed by atoms with Gasteiger partial charge < -0.3 is 5.73 Å². The Bertz CT molecular complexity index is 376. The zero-order chi connectivity index (χ0) is 10.6. The maximum Gasteiger partial charge on any atom is 0.184 e. The molecule has 74 valence electrons. The van der Waals surface area contributed by atoms with Gasteiger partial charge in [0, 0.05) is 0 Å². The first-order valence-electron chi connectivity index (χ1n) is 3.94. The number of halogens is 1. The third kappa shape index (κ3) is 3.10. The number of nitrogens with zero attached hydrogens (tertiary/aromatic N) is 1. The van der Waals surface area contributed by atoms with Crippen molar-refractivity contribution in [3.05, 3.63) is 35.1 Å². The second-order valence-electron chi connectivity index (χ2n) is 2.74. The molecule has 3 N–H and O–H groups in total. The summed E-state index contributed by atoms with van der Waals surface area (Å²) in [5.41, 5.74) is 8.78. The van der Waals surface area contributed by atoms with Crippen LogP contribution < -0.4 is 11.2 Å². The predicted molar refractivity (Wildman–Crippen MR) is 58.7 cm³/mol. The molecule has 0 fully saturated rings. The van der Waals surface area contributed by atoms with Crippen LogP contribution in [0.2, 0.25) is 0 Å². The van der Waals surface area contributed by atoms with E-state index < -0.39 is 0 Å². The summed E-state index contributed by atoms with van der Waals surface area (Å²) in [7, 11) is 0. The van der Waals surface area contributed by atoms with Gasteiger partial charge in [0.25, 0.3) is 0 Å². The zero-order valence-corrected chi connectivity index (χ0v) is 8.44. The monoisotopic (exact) mass is 211 g/mol. The fraction of sp³-hybridized carbons (Fsp3) is 0.111. The summed E-state index contributed by atoms with van der Waals surface area (Å²) >= 11 is 4.54. The summed E-state index contributed by atoms with van der Waals surface area (Å²) in [6, 6.07) is 4.82. The molecular weight excluding hydrogens is 201 g/mol. The van der Waals surface area contributed by atoms with E-state index in [0.717, 1.165) is 0 Å². The topological polar surface area (TPSA) is 50.4 Å². The summed E-state index contributed by atoms with van der Waals surface area (Å²) in [4.78, 5) is 0. The van der Waals surface area contributed by atoms with E-state index in [2.05, 4.69) is 22.7 Å². The number of nitrogens with two attached hydrogens (primary N) is 1. The van der Waals surface area contributed by atoms with E-state index in [1.807, 2.05) is 0 Å². The number of hydrogen-bond donors (Lipinski definition) is 2. The molecule has 0 aliphatic carbocycles. The van der Waals surface area contributed by atoms with Gasteiger partial charge in [-0.05, 0) is 36.3 Å². The third-order valence-electron chi connectivity index (χ3n) is 1.58. The van der Waals surface area contributed by atoms with Gasteiger partial charge in [-0.1, -0.05) is 12.1 Å². The molecule has 5 heteroatoms. The smallest absolute Gasteiger partial charge is 0.184 e. The molecule has 0 radical (unpaired) electrons. The van der Waals surface area contributed by atoms with Crippen LogP contribution in [-0.4, -0.2) is 11.3 Å². The first kappa shape index (κ1) is 10.6. The standard InChI is InChI=1S/C9H10FN3S/c1-6-2-3-7(4-8(6)10)5-12-13-9(11)14/h2-5H,1H3,(H3,11,13,14). The molecule has 0 saturated carbocycles. The number of hydrazone groups is 1. The maximum absolute atomic E-state index is 13.0. The molecule has 14 heavy (non-hydrogen) atoms. The van der Waals surface area contributed by atoms with Crippen LogP contribution in [0, 0.1) is 12.7 Å². The molecule has 0 aliphatic rings. The molecule has 0 amide bonds. The highest BCUT2D eigenvalue weighted by Crippen LogP contribution is 2.06. The van der Waals surface area contributed by atoms with Crippen molar-refractivity contribution in [2.75, 3.05) is 0 Å². The van der Waals surface area contributed by atoms with Gasteiger partial charge >= 0.3 is 0 Å². The van der Waals surface area contributed by atoms with Crippen molar-refractivity contribution in [2.45, 2.75) is 6.92 Å². The predicted octanol–water partition coefficient (Wildman–Crippen LogP) is 1.30. The second kappa shape index (κ2) is 4.66. The van der Waals surface area contributed by atoms with Crippen molar-refractivity contribution in [1.29, 1.82) is 0 Å². The number of rotatable bonds is 2. The van der Waals surface area contributed by atoms with Crippen LogP contribution in [0.3, 0.4) is 0 Å². The molecule has 0 bridgehead atoms. The van der Waals surface area contributed by atoms with Crippen LogP contribution in [0.15, 0.2) is 23.3 Å². The van der Waals surface area contributed by atoms with E-state index in [1.165, 1.54) is 12.3 Å². The molecule has 1 aromatic rings. The van der Waals surface area contributed by atoms with E-state index in [9.17, 15) is 4.39 Å². The van der Waals surface area contributed by atoms with Gasteiger partial charge in [0.1, 0.15) is 5.82 Å². The Morgan fingerprint density at radius 3 is 2.93 bits per heavy atom. The lowest BCUT2D eigenvalue weighted by atomic mass is 10.1. The van der Waals surface area contributed by atoms with Gasteiger partial charge in [0.2, 0.25) is 0 Å². The maximum atomic E-state index is 13.0. The number of thiocarbonyl (C=S) groups is 1. The average molecular weight is 211 g/mol. The quantitative estimate of drug-likeness (QED) is 0.440. The molecular formula is C9H10FN3S. The van der Waals surface area contributed by atoms with Gasteiger partial charge in [-0.15, -0.1) is 0 Å². The lowest BCUT2D eigenvalue weighted by Crippen LogP contribution is -2.23. The van der Waals surface area contributed by atoms with Crippen LogP contribution in [0.1, 0.15) is 11.1 Å². The van der Waals surface area contributed by atoms with Crippen LogP contribution in [0.5, 0.6) is 0 Å². The van der Waals surface area contributed by atoms with Gasteiger partial charge in [-0.25, -0.2) is 4.39 Å². The van der Waals surface area contributed by atoms with Crippen molar-refractivity contribution in [3.8, 4) is 0 Å². The van der Waals surface area contributed by atoms with Gasteiger partial charge in [0.15, 0.2) is 5.11 Å². The minimum absolute atomic E-state index is 0.0776. The van der Waals surface area contributed by atoms with Crippen LogP contribution in [0.4, 0.5) is 4.39 Å². The van der Waals surface area contributed by atoms with Crippen molar-refractivity contribution in [3.63, 3.8) is 0 Å².